The average molecular weight is 439 g/mol. The molecule has 3 aromatic rings. The molecule has 0 spiro atoms. The molecular weight excluding hydrogens is 416 g/mol. The van der Waals surface area contributed by atoms with Crippen LogP contribution < -0.4 is 10.7 Å². The number of anilines is 1. The van der Waals surface area contributed by atoms with E-state index in [1.54, 1.807) is 33.7 Å². The van der Waals surface area contributed by atoms with E-state index in [0.29, 0.717) is 40.5 Å². The third-order valence-corrected chi connectivity index (χ3v) is 5.71. The fraction of sp³-hybridized carbons (Fsp3) is 0.304. The predicted octanol–water partition coefficient (Wildman–Crippen LogP) is 3.54. The minimum absolute atomic E-state index is 0.0618. The van der Waals surface area contributed by atoms with Gasteiger partial charge in [-0.15, -0.1) is 0 Å². The van der Waals surface area contributed by atoms with Crippen LogP contribution in [0.3, 0.4) is 0 Å². The van der Waals surface area contributed by atoms with Crippen LogP contribution in [-0.4, -0.2) is 39.4 Å². The lowest BCUT2D eigenvalue weighted by atomic mass is 10.1. The van der Waals surface area contributed by atoms with Crippen LogP contribution in [-0.2, 0) is 11.3 Å². The van der Waals surface area contributed by atoms with Gasteiger partial charge in [0.1, 0.15) is 17.8 Å². The number of aromatic nitrogens is 2. The Bertz CT molecular complexity index is 1250. The first-order chi connectivity index (χ1) is 14.8. The van der Waals surface area contributed by atoms with E-state index in [1.165, 1.54) is 6.20 Å². The van der Waals surface area contributed by atoms with Crippen molar-refractivity contribution in [2.24, 2.45) is 0 Å². The number of pyridine rings is 2. The van der Waals surface area contributed by atoms with Crippen molar-refractivity contribution >= 4 is 40.1 Å². The van der Waals surface area contributed by atoms with Crippen molar-refractivity contribution in [3.05, 3.63) is 68.6 Å². The fourth-order valence-electron chi connectivity index (χ4n) is 3.80. The molecule has 1 aromatic carbocycles. The summed E-state index contributed by atoms with van der Waals surface area (Å²) in [5.41, 5.74) is 2.28. The molecule has 2 aromatic heterocycles. The first-order valence-corrected chi connectivity index (χ1v) is 10.6. The average Bonchev–Trinajstić information content (AvgIpc) is 3.27. The molecule has 1 N–H and O–H groups in total. The molecule has 1 fully saturated rings. The topological polar surface area (TPSA) is 84.3 Å². The van der Waals surface area contributed by atoms with Crippen LogP contribution in [0.5, 0.6) is 0 Å². The molecular formula is C23H23ClN4O3. The van der Waals surface area contributed by atoms with Gasteiger partial charge in [0.25, 0.3) is 5.91 Å². The Hall–Kier alpha value is -3.19. The molecule has 0 radical (unpaired) electrons. The van der Waals surface area contributed by atoms with Crippen molar-refractivity contribution in [2.45, 2.75) is 33.2 Å². The van der Waals surface area contributed by atoms with Crippen LogP contribution in [0.2, 0.25) is 5.02 Å². The molecule has 0 unspecified atom stereocenters. The molecule has 3 heterocycles. The largest absolute Gasteiger partial charge is 0.338 e. The number of amides is 2. The SMILES string of the molecule is Cc1ccc2c(=O)c(C(=O)N3CCCC3)cn(CC(=O)Nc3cc(Cl)ccc3C)c2n1. The van der Waals surface area contributed by atoms with Crippen molar-refractivity contribution in [1.82, 2.24) is 14.5 Å². The molecule has 31 heavy (non-hydrogen) atoms. The summed E-state index contributed by atoms with van der Waals surface area (Å²) >= 11 is 6.05. The second-order valence-electron chi connectivity index (χ2n) is 7.83. The second kappa shape index (κ2) is 8.51. The maximum atomic E-state index is 13.0. The van der Waals surface area contributed by atoms with E-state index in [-0.39, 0.29) is 29.4 Å². The van der Waals surface area contributed by atoms with Crippen LogP contribution >= 0.6 is 11.6 Å². The predicted molar refractivity (Wildman–Crippen MR) is 121 cm³/mol. The number of aryl methyl sites for hydroxylation is 2. The lowest BCUT2D eigenvalue weighted by Crippen LogP contribution is -2.33. The smallest absolute Gasteiger partial charge is 0.259 e. The first kappa shape index (κ1) is 21.1. The summed E-state index contributed by atoms with van der Waals surface area (Å²) in [5, 5.41) is 3.69. The van der Waals surface area contributed by atoms with Crippen LogP contribution in [0.1, 0.15) is 34.5 Å². The fourth-order valence-corrected chi connectivity index (χ4v) is 3.97. The Balaban J connectivity index is 1.73. The van der Waals surface area contributed by atoms with Gasteiger partial charge in [0.05, 0.1) is 5.39 Å². The van der Waals surface area contributed by atoms with Crippen LogP contribution in [0.4, 0.5) is 5.69 Å². The highest BCUT2D eigenvalue weighted by Crippen LogP contribution is 2.21. The Morgan fingerprint density at radius 3 is 2.61 bits per heavy atom. The van der Waals surface area contributed by atoms with E-state index >= 15 is 0 Å². The highest BCUT2D eigenvalue weighted by molar-refractivity contribution is 6.31. The highest BCUT2D eigenvalue weighted by atomic mass is 35.5. The number of benzene rings is 1. The summed E-state index contributed by atoms with van der Waals surface area (Å²) in [6, 6.07) is 8.65. The number of nitrogens with zero attached hydrogens (tertiary/aromatic N) is 3. The van der Waals surface area contributed by atoms with E-state index in [1.807, 2.05) is 19.9 Å². The van der Waals surface area contributed by atoms with Crippen molar-refractivity contribution in [2.75, 3.05) is 18.4 Å². The van der Waals surface area contributed by atoms with Crippen LogP contribution in [0.25, 0.3) is 11.0 Å². The number of halogens is 1. The summed E-state index contributed by atoms with van der Waals surface area (Å²) in [5.74, 6) is -0.608. The number of hydrogen-bond donors (Lipinski definition) is 1. The molecule has 7 nitrogen and oxygen atoms in total. The molecule has 0 saturated carbocycles. The highest BCUT2D eigenvalue weighted by Gasteiger charge is 2.24. The van der Waals surface area contributed by atoms with Gasteiger partial charge in [0, 0.05) is 35.7 Å². The quantitative estimate of drug-likeness (QED) is 0.675. The van der Waals surface area contributed by atoms with E-state index < -0.39 is 0 Å². The van der Waals surface area contributed by atoms with Crippen LogP contribution in [0, 0.1) is 13.8 Å². The van der Waals surface area contributed by atoms with Crippen LogP contribution in [0.15, 0.2) is 41.3 Å². The monoisotopic (exact) mass is 438 g/mol. The molecule has 1 aliphatic rings. The molecule has 2 amide bonds. The maximum Gasteiger partial charge on any atom is 0.259 e. The molecule has 0 bridgehead atoms. The molecule has 0 aliphatic carbocycles. The van der Waals surface area contributed by atoms with Gasteiger partial charge in [-0.3, -0.25) is 14.4 Å². The number of nitrogens with one attached hydrogen (secondary N) is 1. The lowest BCUT2D eigenvalue weighted by molar-refractivity contribution is -0.116. The molecule has 8 heteroatoms. The van der Waals surface area contributed by atoms with Crippen molar-refractivity contribution in [1.29, 1.82) is 0 Å². The van der Waals surface area contributed by atoms with Gasteiger partial charge < -0.3 is 14.8 Å². The summed E-state index contributed by atoms with van der Waals surface area (Å²) < 4.78 is 1.57. The first-order valence-electron chi connectivity index (χ1n) is 10.2. The van der Waals surface area contributed by atoms with E-state index in [4.69, 9.17) is 11.6 Å². The third kappa shape index (κ3) is 4.32. The summed E-state index contributed by atoms with van der Waals surface area (Å²) in [7, 11) is 0. The van der Waals surface area contributed by atoms with Crippen molar-refractivity contribution < 1.29 is 9.59 Å². The Morgan fingerprint density at radius 1 is 1.13 bits per heavy atom. The summed E-state index contributed by atoms with van der Waals surface area (Å²) in [4.78, 5) is 45.0. The number of fused-ring (bicyclic) bond motifs is 1. The summed E-state index contributed by atoms with van der Waals surface area (Å²) in [6.07, 6.45) is 3.31. The van der Waals surface area contributed by atoms with E-state index in [9.17, 15) is 14.4 Å². The lowest BCUT2D eigenvalue weighted by Gasteiger charge is -2.17. The van der Waals surface area contributed by atoms with Gasteiger partial charge in [-0.1, -0.05) is 17.7 Å². The number of carbonyl (C=O) groups excluding carboxylic acids is 2. The van der Waals surface area contributed by atoms with Crippen molar-refractivity contribution in [3.8, 4) is 0 Å². The molecule has 0 atom stereocenters. The minimum atomic E-state index is -0.359. The Morgan fingerprint density at radius 2 is 1.87 bits per heavy atom. The second-order valence-corrected chi connectivity index (χ2v) is 8.27. The van der Waals surface area contributed by atoms with Gasteiger partial charge in [-0.05, 0) is 56.5 Å². The van der Waals surface area contributed by atoms with Gasteiger partial charge in [0.15, 0.2) is 0 Å². The Labute approximate surface area is 184 Å². The van der Waals surface area contributed by atoms with E-state index in [0.717, 1.165) is 18.4 Å². The number of likely N-dealkylation sites (tertiary alicyclic amines) is 1. The van der Waals surface area contributed by atoms with E-state index in [2.05, 4.69) is 10.3 Å². The van der Waals surface area contributed by atoms with Gasteiger partial charge in [0.2, 0.25) is 11.3 Å². The number of carbonyl (C=O) groups is 2. The maximum absolute atomic E-state index is 13.0. The zero-order chi connectivity index (χ0) is 22.1. The Kier molecular flexibility index (Phi) is 5.78. The molecule has 160 valence electrons. The number of hydrogen-bond acceptors (Lipinski definition) is 4. The normalized spacial score (nSPS) is 13.6. The zero-order valence-electron chi connectivity index (χ0n) is 17.4. The summed E-state index contributed by atoms with van der Waals surface area (Å²) in [6.45, 7) is 4.86. The zero-order valence-corrected chi connectivity index (χ0v) is 18.2. The third-order valence-electron chi connectivity index (χ3n) is 5.47. The standard InChI is InChI=1S/C23H23ClN4O3/c1-14-5-7-16(24)11-19(14)26-20(29)13-28-12-18(23(31)27-9-3-4-10-27)21(30)17-8-6-15(2)25-22(17)28/h5-8,11-12H,3-4,9-10,13H2,1-2H3,(H,26,29). The molecule has 1 saturated heterocycles. The molecule has 4 rings (SSSR count). The minimum Gasteiger partial charge on any atom is -0.338 e. The van der Waals surface area contributed by atoms with Gasteiger partial charge in [-0.25, -0.2) is 4.98 Å². The van der Waals surface area contributed by atoms with Crippen molar-refractivity contribution in [3.63, 3.8) is 0 Å². The molecule has 1 aliphatic heterocycles. The van der Waals surface area contributed by atoms with Gasteiger partial charge in [-0.2, -0.15) is 0 Å². The number of rotatable bonds is 4. The van der Waals surface area contributed by atoms with Gasteiger partial charge >= 0.3 is 0 Å².